The number of benzene rings is 4. The van der Waals surface area contributed by atoms with Crippen LogP contribution in [-0.2, 0) is 10.2 Å². The van der Waals surface area contributed by atoms with Gasteiger partial charge in [-0.1, -0.05) is 91.0 Å². The molecule has 0 aliphatic rings. The fourth-order valence-corrected chi connectivity index (χ4v) is 5.55. The highest BCUT2D eigenvalue weighted by Gasteiger charge is 2.45. The predicted octanol–water partition coefficient (Wildman–Crippen LogP) is 7.64. The van der Waals surface area contributed by atoms with Gasteiger partial charge in [-0.05, 0) is 53.1 Å². The molecule has 0 fully saturated rings. The second-order valence-electron chi connectivity index (χ2n) is 9.72. The highest BCUT2D eigenvalue weighted by atomic mass is 16.5. The normalized spacial score (nSPS) is 12.0. The van der Waals surface area contributed by atoms with Gasteiger partial charge in [0.15, 0.2) is 0 Å². The van der Waals surface area contributed by atoms with Crippen LogP contribution in [0.5, 0.6) is 0 Å². The molecule has 0 spiro atoms. The maximum Gasteiger partial charge on any atom is 0.373 e. The Balaban J connectivity index is 1.49. The number of aromatic nitrogens is 2. The van der Waals surface area contributed by atoms with Crippen molar-refractivity contribution in [3.05, 3.63) is 168 Å². The van der Waals surface area contributed by atoms with E-state index in [1.54, 1.807) is 18.5 Å². The van der Waals surface area contributed by atoms with Gasteiger partial charge >= 0.3 is 5.97 Å². The van der Waals surface area contributed by atoms with Crippen molar-refractivity contribution in [2.45, 2.75) is 11.5 Å². The Morgan fingerprint density at radius 3 is 1.83 bits per heavy atom. The van der Waals surface area contributed by atoms with Gasteiger partial charge in [0.05, 0.1) is 36.8 Å². The Morgan fingerprint density at radius 2 is 1.34 bits per heavy atom. The number of ether oxygens (including phenoxy) is 1. The molecule has 1 unspecified atom stereocenters. The summed E-state index contributed by atoms with van der Waals surface area (Å²) in [6, 6.07) is 42.9. The number of anilines is 1. The lowest BCUT2D eigenvalue weighted by molar-refractivity contribution is 0.0566. The first-order valence-electron chi connectivity index (χ1n) is 13.4. The quantitative estimate of drug-likeness (QED) is 0.146. The van der Waals surface area contributed by atoms with Crippen LogP contribution < -0.4 is 5.32 Å². The van der Waals surface area contributed by atoms with Crippen molar-refractivity contribution in [1.29, 1.82) is 0 Å². The number of hydrogen-bond donors (Lipinski definition) is 2. The minimum absolute atomic E-state index is 0.169. The van der Waals surface area contributed by atoms with Gasteiger partial charge in [0.2, 0.25) is 5.76 Å². The number of carbonyl (C=O) groups is 1. The first-order chi connectivity index (χ1) is 20.2. The molecule has 0 aliphatic carbocycles. The van der Waals surface area contributed by atoms with Gasteiger partial charge in [0.25, 0.3) is 0 Å². The molecular weight excluding hydrogens is 510 g/mol. The van der Waals surface area contributed by atoms with E-state index in [0.29, 0.717) is 5.76 Å². The standard InChI is InChI=1S/C35H29N3O3/c1-40-34(39)32-22-21-31(41-32)25-17-19-29(20-18-25)38-33(30-23-36-24-37-30)35(26-11-5-2-6-12-26,27-13-7-3-8-14-27)28-15-9-4-10-16-28/h2-24,33,38H,1H3,(H,36,37). The lowest BCUT2D eigenvalue weighted by atomic mass is 9.63. The third-order valence-electron chi connectivity index (χ3n) is 7.42. The van der Waals surface area contributed by atoms with E-state index in [9.17, 15) is 4.79 Å². The number of aromatic amines is 1. The summed E-state index contributed by atoms with van der Waals surface area (Å²) < 4.78 is 10.5. The Morgan fingerprint density at radius 1 is 0.780 bits per heavy atom. The zero-order valence-electron chi connectivity index (χ0n) is 22.5. The number of carbonyl (C=O) groups excluding carboxylic acids is 1. The molecular formula is C35H29N3O3. The van der Waals surface area contributed by atoms with E-state index in [0.717, 1.165) is 33.6 Å². The van der Waals surface area contributed by atoms with E-state index in [1.807, 2.05) is 48.7 Å². The Kier molecular flexibility index (Phi) is 7.20. The molecule has 0 radical (unpaired) electrons. The molecule has 0 saturated carbocycles. The van der Waals surface area contributed by atoms with E-state index in [4.69, 9.17) is 9.15 Å². The molecule has 6 rings (SSSR count). The summed E-state index contributed by atoms with van der Waals surface area (Å²) in [5.74, 6) is 0.257. The van der Waals surface area contributed by atoms with Crippen molar-refractivity contribution in [3.8, 4) is 11.3 Å². The van der Waals surface area contributed by atoms with E-state index < -0.39 is 11.4 Å². The summed E-state index contributed by atoms with van der Waals surface area (Å²) in [6.45, 7) is 0. The van der Waals surface area contributed by atoms with Crippen molar-refractivity contribution in [2.24, 2.45) is 0 Å². The number of nitrogens with one attached hydrogen (secondary N) is 2. The van der Waals surface area contributed by atoms with E-state index in [-0.39, 0.29) is 11.8 Å². The molecule has 2 N–H and O–H groups in total. The van der Waals surface area contributed by atoms with Gasteiger partial charge in [-0.3, -0.25) is 0 Å². The number of imidazole rings is 1. The molecule has 2 heterocycles. The highest BCUT2D eigenvalue weighted by molar-refractivity contribution is 5.87. The Hall–Kier alpha value is -5.36. The van der Waals surface area contributed by atoms with Crippen molar-refractivity contribution in [1.82, 2.24) is 9.97 Å². The number of esters is 1. The van der Waals surface area contributed by atoms with Crippen molar-refractivity contribution < 1.29 is 13.9 Å². The molecule has 1 atom stereocenters. The SMILES string of the molecule is COC(=O)c1ccc(-c2ccc(NC(c3cnc[nH]3)C(c3ccccc3)(c3ccccc3)c3ccccc3)cc2)o1. The van der Waals surface area contributed by atoms with Crippen LogP contribution in [0, 0.1) is 0 Å². The summed E-state index contributed by atoms with van der Waals surface area (Å²) in [4.78, 5) is 19.7. The molecule has 202 valence electrons. The van der Waals surface area contributed by atoms with Crippen LogP contribution in [0.1, 0.15) is 39.0 Å². The van der Waals surface area contributed by atoms with Gasteiger partial charge in [0, 0.05) is 11.3 Å². The summed E-state index contributed by atoms with van der Waals surface area (Å²) in [5.41, 5.74) is 5.53. The third-order valence-corrected chi connectivity index (χ3v) is 7.42. The van der Waals surface area contributed by atoms with Crippen molar-refractivity contribution in [3.63, 3.8) is 0 Å². The van der Waals surface area contributed by atoms with Crippen LogP contribution in [0.2, 0.25) is 0 Å². The first-order valence-corrected chi connectivity index (χ1v) is 13.4. The molecule has 0 bridgehead atoms. The predicted molar refractivity (Wildman–Crippen MR) is 160 cm³/mol. The average molecular weight is 540 g/mol. The topological polar surface area (TPSA) is 80.1 Å². The number of nitrogens with zero attached hydrogens (tertiary/aromatic N) is 1. The van der Waals surface area contributed by atoms with E-state index in [2.05, 4.69) is 88.1 Å². The molecule has 41 heavy (non-hydrogen) atoms. The third kappa shape index (κ3) is 4.92. The monoisotopic (exact) mass is 539 g/mol. The first kappa shape index (κ1) is 25.9. The zero-order chi connectivity index (χ0) is 28.1. The average Bonchev–Trinajstić information content (AvgIpc) is 3.76. The molecule has 6 heteroatoms. The summed E-state index contributed by atoms with van der Waals surface area (Å²) in [6.07, 6.45) is 3.60. The van der Waals surface area contributed by atoms with Gasteiger partial charge < -0.3 is 19.5 Å². The molecule has 0 aliphatic heterocycles. The minimum atomic E-state index is -0.620. The molecule has 4 aromatic carbocycles. The minimum Gasteiger partial charge on any atom is -0.463 e. The molecule has 2 aromatic heterocycles. The second kappa shape index (κ2) is 11.4. The molecule has 6 nitrogen and oxygen atoms in total. The van der Waals surface area contributed by atoms with Crippen LogP contribution in [0.15, 0.2) is 144 Å². The van der Waals surface area contributed by atoms with Gasteiger partial charge in [0.1, 0.15) is 5.76 Å². The van der Waals surface area contributed by atoms with Crippen LogP contribution in [0.3, 0.4) is 0 Å². The second-order valence-corrected chi connectivity index (χ2v) is 9.72. The lowest BCUT2D eigenvalue weighted by Gasteiger charge is -2.43. The summed E-state index contributed by atoms with van der Waals surface area (Å²) >= 11 is 0. The Labute approximate surface area is 238 Å². The van der Waals surface area contributed by atoms with E-state index >= 15 is 0 Å². The fraction of sp³-hybridized carbons (Fsp3) is 0.0857. The number of furan rings is 1. The van der Waals surface area contributed by atoms with Gasteiger partial charge in [-0.15, -0.1) is 0 Å². The maximum absolute atomic E-state index is 11.9. The largest absolute Gasteiger partial charge is 0.463 e. The van der Waals surface area contributed by atoms with Crippen LogP contribution in [0.25, 0.3) is 11.3 Å². The van der Waals surface area contributed by atoms with E-state index in [1.165, 1.54) is 7.11 Å². The van der Waals surface area contributed by atoms with Crippen molar-refractivity contribution in [2.75, 3.05) is 12.4 Å². The van der Waals surface area contributed by atoms with Crippen molar-refractivity contribution >= 4 is 11.7 Å². The van der Waals surface area contributed by atoms with Gasteiger partial charge in [-0.25, -0.2) is 9.78 Å². The van der Waals surface area contributed by atoms with Gasteiger partial charge in [-0.2, -0.15) is 0 Å². The van der Waals surface area contributed by atoms with Crippen LogP contribution in [0.4, 0.5) is 5.69 Å². The number of hydrogen-bond acceptors (Lipinski definition) is 5. The maximum atomic E-state index is 11.9. The lowest BCUT2D eigenvalue weighted by Crippen LogP contribution is -2.40. The summed E-state index contributed by atoms with van der Waals surface area (Å²) in [7, 11) is 1.33. The van der Waals surface area contributed by atoms with Crippen LogP contribution in [-0.4, -0.2) is 23.0 Å². The number of methoxy groups -OCH3 is 1. The number of rotatable bonds is 9. The molecule has 6 aromatic rings. The summed E-state index contributed by atoms with van der Waals surface area (Å²) in [5, 5.41) is 3.85. The zero-order valence-corrected chi connectivity index (χ0v) is 22.5. The highest BCUT2D eigenvalue weighted by Crippen LogP contribution is 2.49. The van der Waals surface area contributed by atoms with Crippen LogP contribution >= 0.6 is 0 Å². The smallest absolute Gasteiger partial charge is 0.373 e. The number of H-pyrrole nitrogens is 1. The molecule has 0 saturated heterocycles. The fourth-order valence-electron chi connectivity index (χ4n) is 5.55. The molecule has 0 amide bonds. The Bertz CT molecular complexity index is 1600.